The topological polar surface area (TPSA) is 55.1 Å². The normalized spacial score (nSPS) is 10.4. The summed E-state index contributed by atoms with van der Waals surface area (Å²) in [7, 11) is 0. The number of nitrogens with one attached hydrogen (secondary N) is 1. The average Bonchev–Trinajstić information content (AvgIpc) is 2.36. The van der Waals surface area contributed by atoms with Gasteiger partial charge < -0.3 is 11.1 Å². The molecule has 3 nitrogen and oxygen atoms in total. The number of carbonyl (C=O) groups is 1. The third-order valence-electron chi connectivity index (χ3n) is 2.52. The van der Waals surface area contributed by atoms with Gasteiger partial charge in [-0.15, -0.1) is 0 Å². The third-order valence-corrected chi connectivity index (χ3v) is 3.99. The summed E-state index contributed by atoms with van der Waals surface area (Å²) in [6.45, 7) is 0. The summed E-state index contributed by atoms with van der Waals surface area (Å²) >= 11 is 21.4. The molecule has 0 heterocycles. The van der Waals surface area contributed by atoms with Crippen molar-refractivity contribution >= 4 is 68.0 Å². The van der Waals surface area contributed by atoms with Gasteiger partial charge in [0.15, 0.2) is 0 Å². The minimum atomic E-state index is -0.437. The van der Waals surface area contributed by atoms with Crippen LogP contribution in [0.1, 0.15) is 10.4 Å². The minimum Gasteiger partial charge on any atom is -0.398 e. The van der Waals surface area contributed by atoms with E-state index in [2.05, 4.69) is 21.2 Å². The monoisotopic (exact) mass is 392 g/mol. The smallest absolute Gasteiger partial charge is 0.257 e. The van der Waals surface area contributed by atoms with Gasteiger partial charge in [-0.05, 0) is 24.3 Å². The summed E-state index contributed by atoms with van der Waals surface area (Å²) in [5, 5.41) is 3.45. The molecule has 2 rings (SSSR count). The van der Waals surface area contributed by atoms with E-state index in [0.717, 1.165) is 0 Å². The molecule has 7 heteroatoms. The van der Waals surface area contributed by atoms with Crippen LogP contribution in [0.2, 0.25) is 15.1 Å². The Labute approximate surface area is 139 Å². The predicted octanol–water partition coefficient (Wildman–Crippen LogP) is 5.24. The second-order valence-electron chi connectivity index (χ2n) is 3.91. The maximum atomic E-state index is 12.2. The van der Waals surface area contributed by atoms with E-state index in [1.54, 1.807) is 30.3 Å². The van der Waals surface area contributed by atoms with Crippen LogP contribution in [-0.2, 0) is 0 Å². The van der Waals surface area contributed by atoms with E-state index >= 15 is 0 Å². The Bertz CT molecular complexity index is 668. The minimum absolute atomic E-state index is 0.189. The zero-order valence-corrected chi connectivity index (χ0v) is 13.7. The molecule has 3 N–H and O–H groups in total. The van der Waals surface area contributed by atoms with Gasteiger partial charge in [-0.2, -0.15) is 0 Å². The van der Waals surface area contributed by atoms with Crippen molar-refractivity contribution in [2.24, 2.45) is 0 Å². The first-order valence-electron chi connectivity index (χ1n) is 5.40. The van der Waals surface area contributed by atoms with Crippen molar-refractivity contribution in [3.05, 3.63) is 55.4 Å². The summed E-state index contributed by atoms with van der Waals surface area (Å²) in [4.78, 5) is 12.2. The highest BCUT2D eigenvalue weighted by atomic mass is 79.9. The molecule has 20 heavy (non-hydrogen) atoms. The molecule has 2 aromatic rings. The van der Waals surface area contributed by atoms with Crippen molar-refractivity contribution in [1.29, 1.82) is 0 Å². The van der Waals surface area contributed by atoms with Crippen LogP contribution in [-0.4, -0.2) is 5.91 Å². The van der Waals surface area contributed by atoms with E-state index in [0.29, 0.717) is 25.9 Å². The van der Waals surface area contributed by atoms with Crippen molar-refractivity contribution in [1.82, 2.24) is 0 Å². The van der Waals surface area contributed by atoms with Crippen LogP contribution in [0.15, 0.2) is 34.8 Å². The van der Waals surface area contributed by atoms with Crippen molar-refractivity contribution in [2.75, 3.05) is 11.1 Å². The average molecular weight is 394 g/mol. The number of anilines is 2. The molecule has 0 saturated carbocycles. The Kier molecular flexibility index (Phi) is 4.81. The lowest BCUT2D eigenvalue weighted by molar-refractivity contribution is 0.102. The van der Waals surface area contributed by atoms with Gasteiger partial charge in [-0.1, -0.05) is 56.8 Å². The van der Waals surface area contributed by atoms with E-state index in [4.69, 9.17) is 40.5 Å². The van der Waals surface area contributed by atoms with Crippen LogP contribution in [0.25, 0.3) is 0 Å². The summed E-state index contributed by atoms with van der Waals surface area (Å²) < 4.78 is 0.715. The van der Waals surface area contributed by atoms with Crippen molar-refractivity contribution < 1.29 is 4.79 Å². The Hall–Kier alpha value is -0.940. The largest absolute Gasteiger partial charge is 0.398 e. The fraction of sp³-hybridized carbons (Fsp3) is 0. The van der Waals surface area contributed by atoms with Gasteiger partial charge in [0.25, 0.3) is 5.91 Å². The standard InChI is InChI=1S/C13H8BrCl3N2O/c14-6-4-8(15)12(9(16)5-6)19-13(20)7-2-1-3-10(18)11(7)17/h1-5H,18H2,(H,19,20). The molecule has 0 radical (unpaired) electrons. The van der Waals surface area contributed by atoms with Crippen LogP contribution in [0.4, 0.5) is 11.4 Å². The van der Waals surface area contributed by atoms with Crippen molar-refractivity contribution in [3.63, 3.8) is 0 Å². The number of benzene rings is 2. The highest BCUT2D eigenvalue weighted by Gasteiger charge is 2.16. The lowest BCUT2D eigenvalue weighted by Gasteiger charge is -2.11. The highest BCUT2D eigenvalue weighted by Crippen LogP contribution is 2.34. The Morgan fingerprint density at radius 2 is 1.75 bits per heavy atom. The number of hydrogen-bond acceptors (Lipinski definition) is 2. The van der Waals surface area contributed by atoms with E-state index in [9.17, 15) is 4.79 Å². The molecule has 0 fully saturated rings. The van der Waals surface area contributed by atoms with Crippen molar-refractivity contribution in [2.45, 2.75) is 0 Å². The first-order chi connectivity index (χ1) is 9.40. The van der Waals surface area contributed by atoms with E-state index in [1.807, 2.05) is 0 Å². The van der Waals surface area contributed by atoms with E-state index in [-0.39, 0.29) is 10.6 Å². The molecule has 2 aromatic carbocycles. The number of carbonyl (C=O) groups excluding carboxylic acids is 1. The molecular formula is C13H8BrCl3N2O. The van der Waals surface area contributed by atoms with Gasteiger partial charge in [0.2, 0.25) is 0 Å². The fourth-order valence-corrected chi connectivity index (χ4v) is 3.08. The number of nitrogens with two attached hydrogens (primary N) is 1. The van der Waals surface area contributed by atoms with Crippen LogP contribution >= 0.6 is 50.7 Å². The van der Waals surface area contributed by atoms with Gasteiger partial charge in [0.1, 0.15) is 0 Å². The number of nitrogen functional groups attached to an aromatic ring is 1. The Balaban J connectivity index is 2.36. The Morgan fingerprint density at radius 3 is 2.35 bits per heavy atom. The quantitative estimate of drug-likeness (QED) is 0.684. The number of halogens is 4. The van der Waals surface area contributed by atoms with E-state index < -0.39 is 5.91 Å². The summed E-state index contributed by atoms with van der Waals surface area (Å²) in [6.07, 6.45) is 0. The van der Waals surface area contributed by atoms with Crippen LogP contribution < -0.4 is 11.1 Å². The van der Waals surface area contributed by atoms with Crippen LogP contribution in [0.5, 0.6) is 0 Å². The third kappa shape index (κ3) is 3.20. The number of rotatable bonds is 2. The van der Waals surface area contributed by atoms with Gasteiger partial charge in [0, 0.05) is 4.47 Å². The van der Waals surface area contributed by atoms with Gasteiger partial charge in [-0.25, -0.2) is 0 Å². The molecule has 0 spiro atoms. The fourth-order valence-electron chi connectivity index (χ4n) is 1.57. The van der Waals surface area contributed by atoms with Gasteiger partial charge >= 0.3 is 0 Å². The van der Waals surface area contributed by atoms with Crippen molar-refractivity contribution in [3.8, 4) is 0 Å². The molecule has 104 valence electrons. The second kappa shape index (κ2) is 6.22. The predicted molar refractivity (Wildman–Crippen MR) is 88.0 cm³/mol. The molecule has 0 atom stereocenters. The second-order valence-corrected chi connectivity index (χ2v) is 6.02. The molecule has 0 aliphatic rings. The molecule has 0 aliphatic heterocycles. The summed E-state index contributed by atoms with van der Waals surface area (Å²) in [5.41, 5.74) is 6.56. The summed E-state index contributed by atoms with van der Waals surface area (Å²) in [5.74, 6) is -0.437. The zero-order chi connectivity index (χ0) is 14.9. The van der Waals surface area contributed by atoms with Crippen LogP contribution in [0.3, 0.4) is 0 Å². The lowest BCUT2D eigenvalue weighted by atomic mass is 10.2. The SMILES string of the molecule is Nc1cccc(C(=O)Nc2c(Cl)cc(Br)cc2Cl)c1Cl. The number of amides is 1. The first-order valence-corrected chi connectivity index (χ1v) is 7.32. The molecular weight excluding hydrogens is 386 g/mol. The Morgan fingerprint density at radius 1 is 1.15 bits per heavy atom. The maximum Gasteiger partial charge on any atom is 0.257 e. The molecule has 0 aliphatic carbocycles. The highest BCUT2D eigenvalue weighted by molar-refractivity contribution is 9.10. The molecule has 0 bridgehead atoms. The van der Waals surface area contributed by atoms with E-state index in [1.165, 1.54) is 0 Å². The molecule has 0 aromatic heterocycles. The molecule has 0 unspecified atom stereocenters. The summed E-state index contributed by atoms with van der Waals surface area (Å²) in [6, 6.07) is 8.07. The van der Waals surface area contributed by atoms with Gasteiger partial charge in [-0.3, -0.25) is 4.79 Å². The number of hydrogen-bond donors (Lipinski definition) is 2. The maximum absolute atomic E-state index is 12.2. The molecule has 0 saturated heterocycles. The zero-order valence-electron chi connectivity index (χ0n) is 9.88. The molecule has 1 amide bonds. The first kappa shape index (κ1) is 15.4. The van der Waals surface area contributed by atoms with Gasteiger partial charge in [0.05, 0.1) is 32.0 Å². The lowest BCUT2D eigenvalue weighted by Crippen LogP contribution is -2.13. The van der Waals surface area contributed by atoms with Crippen LogP contribution in [0, 0.1) is 0 Å².